The van der Waals surface area contributed by atoms with Crippen molar-refractivity contribution in [3.8, 4) is 17.0 Å². The molecule has 0 aliphatic heterocycles. The van der Waals surface area contributed by atoms with Crippen LogP contribution in [0.25, 0.3) is 16.9 Å². The normalized spacial score (nSPS) is 13.1. The lowest BCUT2D eigenvalue weighted by atomic mass is 10.1. The number of hydrogen-bond acceptors (Lipinski definition) is 6. The molecule has 3 heterocycles. The van der Waals surface area contributed by atoms with E-state index in [0.29, 0.717) is 24.7 Å². The molecule has 8 heteroatoms. The van der Waals surface area contributed by atoms with Gasteiger partial charge in [0.2, 0.25) is 11.9 Å². The van der Waals surface area contributed by atoms with Gasteiger partial charge in [-0.2, -0.15) is 4.98 Å². The zero-order chi connectivity index (χ0) is 21.9. The topological polar surface area (TPSA) is 93.8 Å². The number of fused-ring (bicyclic) bond motifs is 1. The Balaban J connectivity index is 1.29. The number of pyridine rings is 2. The van der Waals surface area contributed by atoms with Gasteiger partial charge >= 0.3 is 0 Å². The van der Waals surface area contributed by atoms with Crippen LogP contribution in [0.1, 0.15) is 24.1 Å². The van der Waals surface area contributed by atoms with Crippen molar-refractivity contribution in [3.05, 3.63) is 72.1 Å². The Morgan fingerprint density at radius 2 is 2.00 bits per heavy atom. The van der Waals surface area contributed by atoms with Crippen LogP contribution in [0.5, 0.6) is 5.75 Å². The molecule has 5 rings (SSSR count). The summed E-state index contributed by atoms with van der Waals surface area (Å²) in [6, 6.07) is 17.5. The number of ether oxygens (including phenoxy) is 1. The molecule has 8 nitrogen and oxygen atoms in total. The summed E-state index contributed by atoms with van der Waals surface area (Å²) in [6.07, 6.45) is 3.67. The molecular weight excluding hydrogens is 404 g/mol. The summed E-state index contributed by atoms with van der Waals surface area (Å²) in [5.74, 6) is 1.18. The smallest absolute Gasteiger partial charge is 0.249 e. The standard InChI is InChI=1S/C24H22N6O2/c1-25-14-19-10-5-16(13-26-19)15-32-20-11-8-17(9-12-20)21-3-2-4-22-27-24(29-30(21)22)28-23(31)18-6-7-18/h2-5,8-13,18H,1,6-7,14-15H2,(H,28,29,31). The highest BCUT2D eigenvalue weighted by Gasteiger charge is 2.30. The van der Waals surface area contributed by atoms with E-state index >= 15 is 0 Å². The second kappa shape index (κ2) is 8.58. The van der Waals surface area contributed by atoms with Gasteiger partial charge in [-0.25, -0.2) is 4.52 Å². The lowest BCUT2D eigenvalue weighted by molar-refractivity contribution is -0.117. The van der Waals surface area contributed by atoms with Crippen molar-refractivity contribution in [2.75, 3.05) is 5.32 Å². The number of carbonyl (C=O) groups excluding carboxylic acids is 1. The van der Waals surface area contributed by atoms with Gasteiger partial charge in [-0.1, -0.05) is 12.1 Å². The van der Waals surface area contributed by atoms with Crippen LogP contribution in [0.4, 0.5) is 5.95 Å². The fourth-order valence-electron chi connectivity index (χ4n) is 3.37. The van der Waals surface area contributed by atoms with Crippen molar-refractivity contribution >= 4 is 24.2 Å². The van der Waals surface area contributed by atoms with Crippen molar-refractivity contribution in [3.63, 3.8) is 0 Å². The molecule has 0 unspecified atom stereocenters. The Labute approximate surface area is 185 Å². The number of aromatic nitrogens is 4. The zero-order valence-corrected chi connectivity index (χ0v) is 17.4. The molecule has 0 saturated heterocycles. The van der Waals surface area contributed by atoms with E-state index in [4.69, 9.17) is 4.74 Å². The number of amides is 1. The SMILES string of the molecule is C=NCc1ccc(COc2ccc(-c3cccc4nc(NC(=O)C5CC5)nn34)cc2)cn1. The van der Waals surface area contributed by atoms with Gasteiger partial charge in [0.15, 0.2) is 5.65 Å². The van der Waals surface area contributed by atoms with E-state index in [2.05, 4.69) is 32.1 Å². The number of carbonyl (C=O) groups is 1. The average Bonchev–Trinajstić information content (AvgIpc) is 3.59. The molecule has 1 N–H and O–H groups in total. The Morgan fingerprint density at radius 1 is 1.16 bits per heavy atom. The Hall–Kier alpha value is -4.07. The predicted octanol–water partition coefficient (Wildman–Crippen LogP) is 3.92. The number of benzene rings is 1. The molecular formula is C24H22N6O2. The van der Waals surface area contributed by atoms with Crippen LogP contribution in [0, 0.1) is 5.92 Å². The van der Waals surface area contributed by atoms with Gasteiger partial charge in [0.25, 0.3) is 0 Å². The number of rotatable bonds is 8. The molecule has 1 amide bonds. The van der Waals surface area contributed by atoms with E-state index in [-0.39, 0.29) is 11.8 Å². The first-order chi connectivity index (χ1) is 15.7. The summed E-state index contributed by atoms with van der Waals surface area (Å²) < 4.78 is 7.63. The maximum atomic E-state index is 12.0. The molecule has 0 spiro atoms. The summed E-state index contributed by atoms with van der Waals surface area (Å²) in [5, 5.41) is 7.29. The van der Waals surface area contributed by atoms with Gasteiger partial charge in [-0.3, -0.25) is 20.1 Å². The second-order valence-corrected chi connectivity index (χ2v) is 7.73. The van der Waals surface area contributed by atoms with Crippen LogP contribution in [0.2, 0.25) is 0 Å². The molecule has 0 bridgehead atoms. The summed E-state index contributed by atoms with van der Waals surface area (Å²) in [5.41, 5.74) is 4.39. The molecule has 0 atom stereocenters. The van der Waals surface area contributed by atoms with Gasteiger partial charge < -0.3 is 4.74 Å². The van der Waals surface area contributed by atoms with Gasteiger partial charge in [0.1, 0.15) is 12.4 Å². The first kappa shape index (κ1) is 19.9. The van der Waals surface area contributed by atoms with E-state index < -0.39 is 0 Å². The van der Waals surface area contributed by atoms with Crippen LogP contribution < -0.4 is 10.1 Å². The fourth-order valence-corrected chi connectivity index (χ4v) is 3.37. The van der Waals surface area contributed by atoms with Crippen molar-refractivity contribution in [2.45, 2.75) is 26.0 Å². The van der Waals surface area contributed by atoms with Gasteiger partial charge in [-0.05, 0) is 62.0 Å². The van der Waals surface area contributed by atoms with Crippen LogP contribution in [-0.2, 0) is 17.9 Å². The minimum atomic E-state index is -0.00818. The predicted molar refractivity (Wildman–Crippen MR) is 122 cm³/mol. The number of nitrogens with zero attached hydrogens (tertiary/aromatic N) is 5. The number of hydrogen-bond donors (Lipinski definition) is 1. The zero-order valence-electron chi connectivity index (χ0n) is 17.4. The van der Waals surface area contributed by atoms with Gasteiger partial charge in [0, 0.05) is 23.2 Å². The average molecular weight is 426 g/mol. The molecule has 32 heavy (non-hydrogen) atoms. The van der Waals surface area contributed by atoms with Crippen molar-refractivity contribution in [1.29, 1.82) is 0 Å². The summed E-state index contributed by atoms with van der Waals surface area (Å²) in [4.78, 5) is 24.6. The molecule has 0 radical (unpaired) electrons. The van der Waals surface area contributed by atoms with E-state index in [1.165, 1.54) is 0 Å². The number of anilines is 1. The first-order valence-electron chi connectivity index (χ1n) is 10.5. The molecule has 3 aromatic heterocycles. The van der Waals surface area contributed by atoms with E-state index in [9.17, 15) is 4.79 Å². The van der Waals surface area contributed by atoms with Crippen LogP contribution in [0.3, 0.4) is 0 Å². The van der Waals surface area contributed by atoms with Crippen molar-refractivity contribution in [1.82, 2.24) is 19.6 Å². The summed E-state index contributed by atoms with van der Waals surface area (Å²) in [7, 11) is 0. The maximum Gasteiger partial charge on any atom is 0.249 e. The number of nitrogens with one attached hydrogen (secondary N) is 1. The second-order valence-electron chi connectivity index (χ2n) is 7.73. The first-order valence-corrected chi connectivity index (χ1v) is 10.5. The highest BCUT2D eigenvalue weighted by atomic mass is 16.5. The maximum absolute atomic E-state index is 12.0. The highest BCUT2D eigenvalue weighted by molar-refractivity contribution is 5.92. The van der Waals surface area contributed by atoms with Gasteiger partial charge in [-0.15, -0.1) is 5.10 Å². The molecule has 1 aliphatic carbocycles. The monoisotopic (exact) mass is 426 g/mol. The minimum absolute atomic E-state index is 0.00818. The lowest BCUT2D eigenvalue weighted by Crippen LogP contribution is -2.14. The van der Waals surface area contributed by atoms with Crippen molar-refractivity contribution in [2.24, 2.45) is 10.9 Å². The molecule has 1 fully saturated rings. The minimum Gasteiger partial charge on any atom is -0.489 e. The third kappa shape index (κ3) is 4.34. The molecule has 4 aromatic rings. The molecule has 1 saturated carbocycles. The molecule has 1 aliphatic rings. The highest BCUT2D eigenvalue weighted by Crippen LogP contribution is 2.30. The number of aliphatic imine (C=N–C) groups is 1. The quantitative estimate of drug-likeness (QED) is 0.431. The largest absolute Gasteiger partial charge is 0.489 e. The van der Waals surface area contributed by atoms with Crippen LogP contribution in [-0.4, -0.2) is 32.2 Å². The molecule has 1 aromatic carbocycles. The Morgan fingerprint density at radius 3 is 2.72 bits per heavy atom. The Kier molecular flexibility index (Phi) is 5.33. The lowest BCUT2D eigenvalue weighted by Gasteiger charge is -2.08. The van der Waals surface area contributed by atoms with Crippen LogP contribution >= 0.6 is 0 Å². The van der Waals surface area contributed by atoms with Crippen LogP contribution in [0.15, 0.2) is 65.8 Å². The van der Waals surface area contributed by atoms with E-state index in [0.717, 1.165) is 41.1 Å². The third-order valence-corrected chi connectivity index (χ3v) is 5.26. The van der Waals surface area contributed by atoms with E-state index in [1.807, 2.05) is 54.6 Å². The third-order valence-electron chi connectivity index (χ3n) is 5.26. The van der Waals surface area contributed by atoms with E-state index in [1.54, 1.807) is 10.7 Å². The Bertz CT molecular complexity index is 1260. The summed E-state index contributed by atoms with van der Waals surface area (Å²) >= 11 is 0. The fraction of sp³-hybridized carbons (Fsp3) is 0.208. The van der Waals surface area contributed by atoms with Crippen molar-refractivity contribution < 1.29 is 9.53 Å². The summed E-state index contributed by atoms with van der Waals surface area (Å²) in [6.45, 7) is 4.42. The molecule has 160 valence electrons. The van der Waals surface area contributed by atoms with Gasteiger partial charge in [0.05, 0.1) is 17.9 Å².